The number of rotatable bonds is 25. The number of benzene rings is 1. The Morgan fingerprint density at radius 1 is 0.782 bits per heavy atom. The minimum Gasteiger partial charge on any atom is -0.462 e. The van der Waals surface area contributed by atoms with E-state index in [2.05, 4.69) is 131 Å². The summed E-state index contributed by atoms with van der Waals surface area (Å²) in [5.74, 6) is -0.660. The normalized spacial score (nSPS) is 15.3. The van der Waals surface area contributed by atoms with Crippen LogP contribution >= 0.6 is 0 Å². The molecular weight excluding hydrogens is 717 g/mol. The molecule has 0 spiro atoms. The molecule has 310 valence electrons. The maximum Gasteiger partial charge on any atom is 0.330 e. The third-order valence-corrected chi connectivity index (χ3v) is 20.3. The molecule has 1 aromatic carbocycles. The van der Waals surface area contributed by atoms with Gasteiger partial charge >= 0.3 is 11.9 Å². The highest BCUT2D eigenvalue weighted by Crippen LogP contribution is 2.39. The molecule has 0 saturated carbocycles. The number of ether oxygens (including phenoxy) is 2. The zero-order valence-electron chi connectivity index (χ0n) is 37.1. The number of esters is 2. The molecule has 0 N–H and O–H groups in total. The Bertz CT molecular complexity index is 1430. The lowest BCUT2D eigenvalue weighted by atomic mass is 9.97. The number of carbonyl (C=O) groups excluding carboxylic acids is 2. The highest BCUT2D eigenvalue weighted by molar-refractivity contribution is 6.74. The van der Waals surface area contributed by atoms with E-state index >= 15 is 0 Å². The average molecular weight is 795 g/mol. The maximum absolute atomic E-state index is 13.9. The lowest BCUT2D eigenvalue weighted by molar-refractivity contribution is -0.154. The summed E-state index contributed by atoms with van der Waals surface area (Å²) < 4.78 is 26.0. The van der Waals surface area contributed by atoms with Crippen molar-refractivity contribution in [2.75, 3.05) is 6.61 Å². The quantitative estimate of drug-likeness (QED) is 0.0425. The van der Waals surface area contributed by atoms with Crippen molar-refractivity contribution in [3.8, 4) is 0 Å². The second kappa shape index (κ2) is 24.1. The van der Waals surface area contributed by atoms with E-state index in [0.29, 0.717) is 45.1 Å². The monoisotopic (exact) mass is 795 g/mol. The Labute approximate surface area is 339 Å². The van der Waals surface area contributed by atoms with E-state index in [-0.39, 0.29) is 28.6 Å². The van der Waals surface area contributed by atoms with Crippen molar-refractivity contribution >= 4 is 28.6 Å². The first-order valence-electron chi connectivity index (χ1n) is 20.5. The lowest BCUT2D eigenvalue weighted by Gasteiger charge is -2.40. The van der Waals surface area contributed by atoms with Gasteiger partial charge in [0.15, 0.2) is 16.6 Å². The van der Waals surface area contributed by atoms with E-state index in [1.54, 1.807) is 6.08 Å². The van der Waals surface area contributed by atoms with E-state index in [0.717, 1.165) is 24.8 Å². The van der Waals surface area contributed by atoms with Crippen molar-refractivity contribution in [1.82, 2.24) is 0 Å². The molecule has 0 saturated heterocycles. The SMILES string of the molecule is C=CC/C=C(\C)C[C@H](C[C@H](C[C@@H](CC/C(C)=C/Cc1ccccc1)OC(=O)CC)OC(=O)/C=C(\CC=C)CCO[Si](C)(C)C(C)(C)C)O[Si](C)(C)C(C)(C)C. The van der Waals surface area contributed by atoms with Crippen LogP contribution in [0, 0.1) is 0 Å². The van der Waals surface area contributed by atoms with Gasteiger partial charge in [0, 0.05) is 31.9 Å². The third kappa shape index (κ3) is 20.3. The number of carbonyl (C=O) groups is 2. The molecule has 0 heterocycles. The highest BCUT2D eigenvalue weighted by atomic mass is 28.4. The maximum atomic E-state index is 13.9. The van der Waals surface area contributed by atoms with Gasteiger partial charge in [-0.3, -0.25) is 4.79 Å². The Hall–Kier alpha value is -2.79. The number of hydrogen-bond acceptors (Lipinski definition) is 6. The molecule has 0 fully saturated rings. The topological polar surface area (TPSA) is 71.1 Å². The van der Waals surface area contributed by atoms with Crippen molar-refractivity contribution in [3.05, 3.63) is 96.2 Å². The van der Waals surface area contributed by atoms with Crippen LogP contribution < -0.4 is 0 Å². The van der Waals surface area contributed by atoms with E-state index in [4.69, 9.17) is 18.3 Å². The summed E-state index contributed by atoms with van der Waals surface area (Å²) in [7, 11) is -4.15. The van der Waals surface area contributed by atoms with Gasteiger partial charge in [0.2, 0.25) is 0 Å². The Balaban J connectivity index is 3.51. The number of hydrogen-bond donors (Lipinski definition) is 0. The third-order valence-electron chi connectivity index (χ3n) is 11.2. The van der Waals surface area contributed by atoms with E-state index in [9.17, 15) is 9.59 Å². The fourth-order valence-electron chi connectivity index (χ4n) is 5.60. The second-order valence-corrected chi connectivity index (χ2v) is 27.8. The molecule has 0 aliphatic heterocycles. The van der Waals surface area contributed by atoms with Crippen molar-refractivity contribution in [2.45, 2.75) is 181 Å². The summed E-state index contributed by atoms with van der Waals surface area (Å²) in [5.41, 5.74) is 4.61. The Morgan fingerprint density at radius 2 is 1.40 bits per heavy atom. The molecule has 0 amide bonds. The van der Waals surface area contributed by atoms with Crippen LogP contribution in [-0.2, 0) is 34.3 Å². The fraction of sp³-hybridized carbons (Fsp3) is 0.617. The first kappa shape index (κ1) is 50.2. The van der Waals surface area contributed by atoms with Gasteiger partial charge in [0.25, 0.3) is 0 Å². The van der Waals surface area contributed by atoms with Crippen LogP contribution in [0.3, 0.4) is 0 Å². The lowest BCUT2D eigenvalue weighted by Crippen LogP contribution is -2.45. The van der Waals surface area contributed by atoms with Crippen LogP contribution in [0.5, 0.6) is 0 Å². The van der Waals surface area contributed by atoms with E-state index in [1.165, 1.54) is 16.7 Å². The van der Waals surface area contributed by atoms with Crippen molar-refractivity contribution < 1.29 is 27.9 Å². The Morgan fingerprint density at radius 3 is 1.96 bits per heavy atom. The van der Waals surface area contributed by atoms with Crippen LogP contribution in [-0.4, -0.2) is 53.5 Å². The smallest absolute Gasteiger partial charge is 0.330 e. The highest BCUT2D eigenvalue weighted by Gasteiger charge is 2.40. The summed E-state index contributed by atoms with van der Waals surface area (Å²) in [6.45, 7) is 36.8. The minimum atomic E-state index is -2.21. The van der Waals surface area contributed by atoms with Gasteiger partial charge in [-0.05, 0) is 101 Å². The summed E-state index contributed by atoms with van der Waals surface area (Å²) in [6, 6.07) is 10.4. The van der Waals surface area contributed by atoms with Gasteiger partial charge in [-0.1, -0.05) is 120 Å². The summed E-state index contributed by atoms with van der Waals surface area (Å²) in [5, 5.41) is 0.0888. The molecule has 0 aliphatic rings. The summed E-state index contributed by atoms with van der Waals surface area (Å²) in [4.78, 5) is 26.6. The molecule has 3 atom stereocenters. The van der Waals surface area contributed by atoms with Crippen LogP contribution in [0.25, 0.3) is 0 Å². The molecule has 0 unspecified atom stereocenters. The van der Waals surface area contributed by atoms with Crippen LogP contribution in [0.1, 0.15) is 126 Å². The molecule has 0 bridgehead atoms. The molecule has 6 nitrogen and oxygen atoms in total. The van der Waals surface area contributed by atoms with E-state index < -0.39 is 34.8 Å². The van der Waals surface area contributed by atoms with Crippen molar-refractivity contribution in [1.29, 1.82) is 0 Å². The molecule has 0 aromatic heterocycles. The average Bonchev–Trinajstić information content (AvgIpc) is 3.07. The van der Waals surface area contributed by atoms with Crippen LogP contribution in [0.4, 0.5) is 0 Å². The summed E-state index contributed by atoms with van der Waals surface area (Å²) in [6.07, 6.45) is 14.7. The van der Waals surface area contributed by atoms with Gasteiger partial charge in [-0.2, -0.15) is 0 Å². The minimum absolute atomic E-state index is 0.00618. The van der Waals surface area contributed by atoms with Gasteiger partial charge in [0.05, 0.1) is 6.10 Å². The van der Waals surface area contributed by atoms with Crippen molar-refractivity contribution in [3.63, 3.8) is 0 Å². The Kier molecular flexibility index (Phi) is 22.0. The van der Waals surface area contributed by atoms with Crippen LogP contribution in [0.15, 0.2) is 90.6 Å². The molecule has 1 aromatic rings. The van der Waals surface area contributed by atoms with Gasteiger partial charge in [0.1, 0.15) is 12.2 Å². The van der Waals surface area contributed by atoms with Gasteiger partial charge in [-0.25, -0.2) is 4.79 Å². The molecule has 0 radical (unpaired) electrons. The molecule has 55 heavy (non-hydrogen) atoms. The zero-order valence-corrected chi connectivity index (χ0v) is 39.1. The molecule has 0 aliphatic carbocycles. The fourth-order valence-corrected chi connectivity index (χ4v) is 8.01. The van der Waals surface area contributed by atoms with Gasteiger partial charge in [-0.15, -0.1) is 13.2 Å². The predicted octanol–water partition coefficient (Wildman–Crippen LogP) is 13.2. The zero-order chi connectivity index (χ0) is 41.9. The predicted molar refractivity (Wildman–Crippen MR) is 238 cm³/mol. The first-order valence-corrected chi connectivity index (χ1v) is 26.3. The molecule has 8 heteroatoms. The van der Waals surface area contributed by atoms with E-state index in [1.807, 2.05) is 25.1 Å². The molecular formula is C47H78O6Si2. The number of allylic oxidation sites excluding steroid dienone is 5. The van der Waals surface area contributed by atoms with Crippen LogP contribution in [0.2, 0.25) is 36.3 Å². The first-order chi connectivity index (χ1) is 25.5. The largest absolute Gasteiger partial charge is 0.462 e. The van der Waals surface area contributed by atoms with Gasteiger partial charge < -0.3 is 18.3 Å². The second-order valence-electron chi connectivity index (χ2n) is 18.2. The standard InChI is InChI=1S/C47H78O6Si2/c1-16-19-24-38(5)33-43(53-55(14,15)47(9,10)11)36-42(52-45(49)34-40(23-17-2)31-32-50-54(12,13)46(6,7)8)35-41(51-44(48)18-3)30-28-37(4)27-29-39-25-21-20-22-26-39/h16-17,20-22,24-27,34,41-43H,1-2,18-19,23,28-33,35-36H2,3-15H3/b37-27+,38-24+,40-34+/t41-,42+,43-/m1/s1. The summed E-state index contributed by atoms with van der Waals surface area (Å²) >= 11 is 0. The van der Waals surface area contributed by atoms with Crippen molar-refractivity contribution in [2.24, 2.45) is 0 Å². The molecule has 1 rings (SSSR count).